The number of aliphatic hydroxyl groups excluding tert-OH is 1. The van der Waals surface area contributed by atoms with Gasteiger partial charge in [-0.15, -0.1) is 0 Å². The van der Waals surface area contributed by atoms with Gasteiger partial charge in [-0.3, -0.25) is 9.59 Å². The lowest BCUT2D eigenvalue weighted by molar-refractivity contribution is -0.133. The Kier molecular flexibility index (Phi) is 7.65. The van der Waals surface area contributed by atoms with Gasteiger partial charge in [0.25, 0.3) is 0 Å². The average Bonchev–Trinajstić information content (AvgIpc) is 3.49. The molecule has 0 spiro atoms. The minimum absolute atomic E-state index is 0.0886. The highest BCUT2D eigenvalue weighted by molar-refractivity contribution is 6.30. The molecule has 198 valence electrons. The van der Waals surface area contributed by atoms with Gasteiger partial charge in [0.05, 0.1) is 17.7 Å². The first-order valence-corrected chi connectivity index (χ1v) is 13.5. The van der Waals surface area contributed by atoms with Crippen LogP contribution in [0.15, 0.2) is 30.6 Å². The monoisotopic (exact) mass is 526 g/mol. The number of aromatic nitrogens is 2. The fraction of sp³-hybridized carbons (Fsp3) is 0.556. The summed E-state index contributed by atoms with van der Waals surface area (Å²) in [6.07, 6.45) is 2.55. The highest BCUT2D eigenvalue weighted by Gasteiger charge is 2.35. The van der Waals surface area contributed by atoms with Crippen LogP contribution < -0.4 is 10.2 Å². The maximum Gasteiger partial charge on any atom is 0.231 e. The molecule has 4 atom stereocenters. The minimum Gasteiger partial charge on any atom is -0.387 e. The van der Waals surface area contributed by atoms with Gasteiger partial charge < -0.3 is 25.1 Å². The molecule has 1 aliphatic carbocycles. The predicted octanol–water partition coefficient (Wildman–Crippen LogP) is 2.31. The van der Waals surface area contributed by atoms with E-state index in [1.807, 2.05) is 34.1 Å². The van der Waals surface area contributed by atoms with Gasteiger partial charge in [0.1, 0.15) is 12.1 Å². The zero-order chi connectivity index (χ0) is 26.1. The molecule has 1 aromatic heterocycles. The van der Waals surface area contributed by atoms with Crippen molar-refractivity contribution in [2.45, 2.75) is 50.7 Å². The third-order valence-corrected chi connectivity index (χ3v) is 8.24. The van der Waals surface area contributed by atoms with E-state index < -0.39 is 6.10 Å². The predicted molar refractivity (Wildman–Crippen MR) is 142 cm³/mol. The van der Waals surface area contributed by atoms with Gasteiger partial charge in [-0.2, -0.15) is 0 Å². The molecule has 2 N–H and O–H groups in total. The molecule has 10 heteroatoms. The maximum atomic E-state index is 13.8. The van der Waals surface area contributed by atoms with Crippen molar-refractivity contribution in [3.05, 3.63) is 52.4 Å². The lowest BCUT2D eigenvalue weighted by Crippen LogP contribution is -2.51. The van der Waals surface area contributed by atoms with Crippen molar-refractivity contribution in [1.29, 1.82) is 0 Å². The van der Waals surface area contributed by atoms with Crippen molar-refractivity contribution in [3.8, 4) is 0 Å². The number of carbonyl (C=O) groups excluding carboxylic acids is 2. The van der Waals surface area contributed by atoms with Crippen LogP contribution in [0.4, 0.5) is 5.82 Å². The first-order valence-electron chi connectivity index (χ1n) is 13.1. The molecular weight excluding hydrogens is 492 g/mol. The second kappa shape index (κ2) is 10.9. The fourth-order valence-corrected chi connectivity index (χ4v) is 5.98. The number of likely N-dealkylation sites (tertiary alicyclic amines) is 1. The Balaban J connectivity index is 1.26. The summed E-state index contributed by atoms with van der Waals surface area (Å²) in [7, 11) is 0. The molecule has 1 aromatic carbocycles. The highest BCUT2D eigenvalue weighted by Crippen LogP contribution is 2.42. The van der Waals surface area contributed by atoms with Crippen LogP contribution in [0.3, 0.4) is 0 Å². The second-order valence-electron chi connectivity index (χ2n) is 10.4. The quantitative estimate of drug-likeness (QED) is 0.595. The van der Waals surface area contributed by atoms with Crippen LogP contribution in [-0.4, -0.2) is 88.5 Å². The van der Waals surface area contributed by atoms with Gasteiger partial charge in [-0.05, 0) is 36.5 Å². The van der Waals surface area contributed by atoms with E-state index in [2.05, 4.69) is 27.1 Å². The SMILES string of the molecule is CC(=O)N1CC[C@@H](NCC(C(=O)N2CCN(c3ncnc4c3[C@H](C)C[C@H]4O)CC2)c2ccc(Cl)cc2)C1. The molecule has 0 bridgehead atoms. The number of piperazine rings is 1. The van der Waals surface area contributed by atoms with Gasteiger partial charge in [0, 0.05) is 69.4 Å². The summed E-state index contributed by atoms with van der Waals surface area (Å²) in [4.78, 5) is 40.4. The van der Waals surface area contributed by atoms with E-state index in [0.717, 1.165) is 35.6 Å². The number of aliphatic hydroxyl groups is 1. The largest absolute Gasteiger partial charge is 0.387 e. The van der Waals surface area contributed by atoms with Gasteiger partial charge >= 0.3 is 0 Å². The standard InChI is InChI=1S/C27H35ClN6O3/c1-17-13-23(36)25-24(17)26(31-16-30-25)32-9-11-33(12-10-32)27(37)22(19-3-5-20(28)6-4-19)14-29-21-7-8-34(15-21)18(2)35/h3-6,16-17,21-23,29,36H,7-15H2,1-2H3/t17-,21-,22?,23-/m1/s1. The van der Waals surface area contributed by atoms with E-state index in [4.69, 9.17) is 11.6 Å². The molecule has 2 saturated heterocycles. The van der Waals surface area contributed by atoms with E-state index in [9.17, 15) is 14.7 Å². The summed E-state index contributed by atoms with van der Waals surface area (Å²) in [6, 6.07) is 7.69. The van der Waals surface area contributed by atoms with Crippen LogP contribution in [0, 0.1) is 0 Å². The first-order chi connectivity index (χ1) is 17.8. The topological polar surface area (TPSA) is 102 Å². The first kappa shape index (κ1) is 25.9. The van der Waals surface area contributed by atoms with Crippen molar-refractivity contribution >= 4 is 29.2 Å². The van der Waals surface area contributed by atoms with Crippen LogP contribution in [0.5, 0.6) is 0 Å². The van der Waals surface area contributed by atoms with Crippen LogP contribution >= 0.6 is 11.6 Å². The van der Waals surface area contributed by atoms with Crippen LogP contribution in [0.1, 0.15) is 61.4 Å². The Morgan fingerprint density at radius 3 is 2.51 bits per heavy atom. The number of nitrogens with zero attached hydrogens (tertiary/aromatic N) is 5. The Morgan fingerprint density at radius 2 is 1.84 bits per heavy atom. The van der Waals surface area contributed by atoms with Crippen LogP contribution in [0.2, 0.25) is 5.02 Å². The summed E-state index contributed by atoms with van der Waals surface area (Å²) in [5.41, 5.74) is 2.71. The second-order valence-corrected chi connectivity index (χ2v) is 10.9. The van der Waals surface area contributed by atoms with E-state index >= 15 is 0 Å². The number of hydrogen-bond donors (Lipinski definition) is 2. The molecule has 0 radical (unpaired) electrons. The Morgan fingerprint density at radius 1 is 1.11 bits per heavy atom. The van der Waals surface area contributed by atoms with E-state index in [1.54, 1.807) is 6.92 Å². The Bertz CT molecular complexity index is 1140. The minimum atomic E-state index is -0.537. The number of carbonyl (C=O) groups is 2. The summed E-state index contributed by atoms with van der Waals surface area (Å²) in [5, 5.41) is 14.5. The average molecular weight is 527 g/mol. The number of fused-ring (bicyclic) bond motifs is 1. The summed E-state index contributed by atoms with van der Waals surface area (Å²) in [6.45, 7) is 8.17. The molecule has 3 heterocycles. The summed E-state index contributed by atoms with van der Waals surface area (Å²) >= 11 is 6.12. The molecule has 5 rings (SSSR count). The highest BCUT2D eigenvalue weighted by atomic mass is 35.5. The van der Waals surface area contributed by atoms with Crippen molar-refractivity contribution in [1.82, 2.24) is 25.1 Å². The molecule has 2 aliphatic heterocycles. The lowest BCUT2D eigenvalue weighted by atomic mass is 9.96. The van der Waals surface area contributed by atoms with Crippen molar-refractivity contribution in [2.75, 3.05) is 50.7 Å². The smallest absolute Gasteiger partial charge is 0.231 e. The molecule has 2 aromatic rings. The van der Waals surface area contributed by atoms with Crippen molar-refractivity contribution in [2.24, 2.45) is 0 Å². The lowest BCUT2D eigenvalue weighted by Gasteiger charge is -2.38. The molecule has 2 fully saturated rings. The number of halogens is 1. The number of nitrogens with one attached hydrogen (secondary N) is 1. The molecule has 1 unspecified atom stereocenters. The van der Waals surface area contributed by atoms with Gasteiger partial charge in [-0.1, -0.05) is 30.7 Å². The molecule has 3 aliphatic rings. The fourth-order valence-electron chi connectivity index (χ4n) is 5.85. The zero-order valence-electron chi connectivity index (χ0n) is 21.4. The summed E-state index contributed by atoms with van der Waals surface area (Å²) < 4.78 is 0. The van der Waals surface area contributed by atoms with E-state index in [0.29, 0.717) is 50.7 Å². The van der Waals surface area contributed by atoms with E-state index in [1.165, 1.54) is 6.33 Å². The third kappa shape index (κ3) is 5.44. The van der Waals surface area contributed by atoms with E-state index in [-0.39, 0.29) is 29.7 Å². The number of benzene rings is 1. The molecular formula is C27H35ClN6O3. The Labute approximate surface area is 222 Å². The molecule has 37 heavy (non-hydrogen) atoms. The van der Waals surface area contributed by atoms with Crippen molar-refractivity contribution < 1.29 is 14.7 Å². The van der Waals surface area contributed by atoms with Crippen LogP contribution in [-0.2, 0) is 9.59 Å². The van der Waals surface area contributed by atoms with Gasteiger partial charge in [0.2, 0.25) is 11.8 Å². The van der Waals surface area contributed by atoms with Crippen LogP contribution in [0.25, 0.3) is 0 Å². The Hall–Kier alpha value is -2.75. The van der Waals surface area contributed by atoms with Crippen molar-refractivity contribution in [3.63, 3.8) is 0 Å². The normalized spacial score (nSPS) is 24.3. The third-order valence-electron chi connectivity index (χ3n) is 7.98. The van der Waals surface area contributed by atoms with Gasteiger partial charge in [0.15, 0.2) is 0 Å². The van der Waals surface area contributed by atoms with Gasteiger partial charge in [-0.25, -0.2) is 9.97 Å². The number of anilines is 1. The number of rotatable bonds is 6. The zero-order valence-corrected chi connectivity index (χ0v) is 22.2. The number of hydrogen-bond acceptors (Lipinski definition) is 7. The molecule has 9 nitrogen and oxygen atoms in total. The number of amides is 2. The maximum absolute atomic E-state index is 13.8. The summed E-state index contributed by atoms with van der Waals surface area (Å²) in [5.74, 6) is 0.927. The molecule has 0 saturated carbocycles. The molecule has 2 amide bonds.